The summed E-state index contributed by atoms with van der Waals surface area (Å²) in [7, 11) is 0. The first kappa shape index (κ1) is 62.6. The van der Waals surface area contributed by atoms with Gasteiger partial charge in [0.25, 0.3) is 0 Å². The summed E-state index contributed by atoms with van der Waals surface area (Å²) in [6, 6.07) is 31.3. The molecule has 15 aromatic rings. The second-order valence-electron chi connectivity index (χ2n) is 25.9. The minimum absolute atomic E-state index is 0.00181. The predicted molar refractivity (Wildman–Crippen MR) is 382 cm³/mol. The van der Waals surface area contributed by atoms with Crippen molar-refractivity contribution < 1.29 is 52.7 Å². The van der Waals surface area contributed by atoms with Gasteiger partial charge in [0.1, 0.15) is 103 Å². The molecule has 0 fully saturated rings. The standard InChI is InChI=1S/C24H6BClF6N6.2C24H9BClF3N6/c26-25-37-21-9-3-15(29)17(31)5-11(9)23(37)36-24-12-6-18(32)16(30)4-10(12)22(38(24)25)35-20-8-2-14(28)13(27)1-7(8)19(33-20)34-21;26-25-34-21-14-5-2-12(29)9-18(14)24(34)33-22-15-6-3-11(28)8-17(15)23(35(22)25)31-19-13-4-1-10(27)7-16(13)20(30-19)32-21;26-25-34-21-14-5-2-11(28)8-17(14)23(34)33-24-18-9-12(29)3-6-15(18)22(35(24)25)32-20-16-7-10(27)1-4-13(16)19(30-20)31-21/h1-6H;2*1-9H. The highest BCUT2D eigenvalue weighted by molar-refractivity contribution is 7.06. The highest BCUT2D eigenvalue weighted by Crippen LogP contribution is 2.46. The summed E-state index contributed by atoms with van der Waals surface area (Å²) in [5.74, 6) is -7.04. The SMILES string of the molecule is Fc1cc2c(cc1F)C1=Nc3c4cc(F)c(F)cc4c4n3B(Cl)n3c(c5cc(F)c(F)cc5c3=N4)=NC2=N1.Fc1ccc2c(c1)C1=Nc3c4ccc(F)cc4c4n3B(Cl)n3c(c5cc(F)ccc5c3=N4)=NC2=N1.Fc1ccc2c(c1)C1=Nc3c4ccc(F)cc4c4n3B(Cl)n3c(c5ccc(F)cc5c3=N4)=NC2=N1. The van der Waals surface area contributed by atoms with Gasteiger partial charge in [-0.2, -0.15) is 0 Å². The lowest BCUT2D eigenvalue weighted by Gasteiger charge is -2.18. The number of fused-ring (bicyclic) bond motifs is 30. The molecule has 24 rings (SSSR count). The fourth-order valence-electron chi connectivity index (χ4n) is 15.3. The van der Waals surface area contributed by atoms with Gasteiger partial charge in [-0.15, -0.1) is 34.4 Å². The van der Waals surface area contributed by atoms with Crippen LogP contribution in [0.5, 0.6) is 0 Å². The number of amidine groups is 6. The van der Waals surface area contributed by atoms with E-state index in [9.17, 15) is 52.7 Å². The van der Waals surface area contributed by atoms with Crippen molar-refractivity contribution >= 4 is 188 Å². The maximum Gasteiger partial charge on any atom is 0.499 e. The minimum atomic E-state index is -1.22. The molecule has 0 N–H and O–H groups in total. The van der Waals surface area contributed by atoms with Gasteiger partial charge in [-0.1, -0.05) is 0 Å². The van der Waals surface area contributed by atoms with Crippen LogP contribution in [-0.4, -0.2) is 81.1 Å². The van der Waals surface area contributed by atoms with E-state index in [4.69, 9.17) is 64.3 Å². The molecule has 36 heteroatoms. The van der Waals surface area contributed by atoms with E-state index in [1.54, 1.807) is 54.3 Å². The zero-order valence-corrected chi connectivity index (χ0v) is 55.6. The van der Waals surface area contributed by atoms with Gasteiger partial charge in [0.05, 0.1) is 0 Å². The van der Waals surface area contributed by atoms with E-state index in [1.165, 1.54) is 81.8 Å². The Bertz CT molecular complexity index is 7640. The van der Waals surface area contributed by atoms with Crippen molar-refractivity contribution in [3.8, 4) is 0 Å². The van der Waals surface area contributed by atoms with E-state index >= 15 is 0 Å². The zero-order valence-electron chi connectivity index (χ0n) is 53.3. The summed E-state index contributed by atoms with van der Waals surface area (Å²) in [6.45, 7) is 0. The lowest BCUT2D eigenvalue weighted by Crippen LogP contribution is -2.44. The second-order valence-corrected chi connectivity index (χ2v) is 27.1. The molecule has 6 aromatic heterocycles. The first-order valence-electron chi connectivity index (χ1n) is 32.4. The third-order valence-electron chi connectivity index (χ3n) is 20.0. The van der Waals surface area contributed by atoms with E-state index in [1.807, 2.05) is 0 Å². The number of hydrogen-bond donors (Lipinski definition) is 0. The molecule has 12 bridgehead atoms. The van der Waals surface area contributed by atoms with Gasteiger partial charge in [0.2, 0.25) is 0 Å². The van der Waals surface area contributed by atoms with Crippen LogP contribution >= 0.6 is 34.4 Å². The van der Waals surface area contributed by atoms with Crippen molar-refractivity contribution in [1.29, 1.82) is 0 Å². The Hall–Kier alpha value is -12.7. The third kappa shape index (κ3) is 8.52. The molecule has 18 nitrogen and oxygen atoms in total. The van der Waals surface area contributed by atoms with Crippen molar-refractivity contribution in [1.82, 2.24) is 26.9 Å². The van der Waals surface area contributed by atoms with Crippen LogP contribution in [0.3, 0.4) is 0 Å². The number of hydrogen-bond acceptors (Lipinski definition) is 12. The summed E-state index contributed by atoms with van der Waals surface area (Å²) < 4.78 is 181. The molecule has 0 saturated carbocycles. The first-order valence-corrected chi connectivity index (χ1v) is 33.7. The fraction of sp³-hybridized carbons (Fsp3) is 0. The second kappa shape index (κ2) is 21.7. The summed E-state index contributed by atoms with van der Waals surface area (Å²) in [5, 5.41) is 4.95. The van der Waals surface area contributed by atoms with E-state index in [0.717, 1.165) is 36.4 Å². The minimum Gasteiger partial charge on any atom is -0.319 e. The summed E-state index contributed by atoms with van der Waals surface area (Å²) in [5.41, 5.74) is 4.00. The van der Waals surface area contributed by atoms with E-state index in [2.05, 4.69) is 30.0 Å². The molecule has 0 saturated heterocycles. The van der Waals surface area contributed by atoms with Crippen LogP contribution in [0.25, 0.3) is 64.6 Å². The Morgan fingerprint density at radius 1 is 0.194 bits per heavy atom. The maximum atomic E-state index is 14.4. The molecule has 9 aromatic carbocycles. The Balaban J connectivity index is 0.000000101. The van der Waals surface area contributed by atoms with Crippen LogP contribution in [-0.2, 0) is 0 Å². The zero-order chi connectivity index (χ0) is 73.4. The van der Waals surface area contributed by atoms with Gasteiger partial charge in [-0.05, 0) is 146 Å². The number of halogens is 15. The van der Waals surface area contributed by atoms with Gasteiger partial charge < -0.3 is 26.9 Å². The topological polar surface area (TPSA) is 178 Å². The highest BCUT2D eigenvalue weighted by atomic mass is 35.5. The largest absolute Gasteiger partial charge is 0.499 e. The van der Waals surface area contributed by atoms with Crippen LogP contribution in [0.1, 0.15) is 33.4 Å². The summed E-state index contributed by atoms with van der Waals surface area (Å²) in [4.78, 5) is 55.9. The highest BCUT2D eigenvalue weighted by Gasteiger charge is 2.41. The lowest BCUT2D eigenvalue weighted by molar-refractivity contribution is 0.508. The van der Waals surface area contributed by atoms with Gasteiger partial charge in [0.15, 0.2) is 69.9 Å². The molecule has 9 aliphatic heterocycles. The van der Waals surface area contributed by atoms with Crippen LogP contribution in [0.15, 0.2) is 206 Å². The van der Waals surface area contributed by atoms with Crippen LogP contribution in [0, 0.1) is 69.8 Å². The predicted octanol–water partition coefficient (Wildman–Crippen LogP) is 13.5. The van der Waals surface area contributed by atoms with Gasteiger partial charge in [-0.3, -0.25) is 0 Å². The smallest absolute Gasteiger partial charge is 0.319 e. The third-order valence-corrected chi connectivity index (χ3v) is 21.1. The molecule has 0 atom stereocenters. The molecule has 0 radical (unpaired) electrons. The number of aliphatic imine (C=N–C) groups is 6. The molecule has 516 valence electrons. The Labute approximate surface area is 606 Å². The Morgan fingerprint density at radius 2 is 0.426 bits per heavy atom. The van der Waals surface area contributed by atoms with Crippen molar-refractivity contribution in [3.05, 3.63) is 282 Å². The molecule has 0 unspecified atom stereocenters. The molecule has 0 spiro atoms. The molecular formula is C72H24B3Cl3F12N18. The van der Waals surface area contributed by atoms with E-state index < -0.39 is 89.0 Å². The normalized spacial score (nSPS) is 15.0. The Kier molecular flexibility index (Phi) is 12.6. The molecule has 108 heavy (non-hydrogen) atoms. The van der Waals surface area contributed by atoms with Crippen LogP contribution in [0.2, 0.25) is 0 Å². The van der Waals surface area contributed by atoms with Crippen LogP contribution < -0.4 is 32.9 Å². The van der Waals surface area contributed by atoms with Crippen LogP contribution in [0.4, 0.5) is 87.6 Å². The monoisotopic (exact) mass is 1510 g/mol. The number of aromatic nitrogens is 6. The maximum absolute atomic E-state index is 14.4. The molecule has 0 amide bonds. The van der Waals surface area contributed by atoms with Crippen molar-refractivity contribution in [2.75, 3.05) is 0 Å². The molecular weight excluding hydrogens is 1480 g/mol. The summed E-state index contributed by atoms with van der Waals surface area (Å²) in [6.07, 6.45) is -3.00. The summed E-state index contributed by atoms with van der Waals surface area (Å²) >= 11 is 21.0. The number of rotatable bonds is 0. The number of nitrogens with zero attached hydrogens (tertiary/aromatic N) is 18. The average molecular weight is 1510 g/mol. The van der Waals surface area contributed by atoms with E-state index in [0.29, 0.717) is 122 Å². The van der Waals surface area contributed by atoms with Crippen molar-refractivity contribution in [2.45, 2.75) is 0 Å². The van der Waals surface area contributed by atoms with E-state index in [-0.39, 0.29) is 78.6 Å². The Morgan fingerprint density at radius 3 is 0.806 bits per heavy atom. The van der Waals surface area contributed by atoms with Crippen molar-refractivity contribution in [2.24, 2.45) is 59.9 Å². The molecule has 0 aliphatic carbocycles. The van der Waals surface area contributed by atoms with Gasteiger partial charge >= 0.3 is 19.2 Å². The van der Waals surface area contributed by atoms with Gasteiger partial charge in [-0.25, -0.2) is 113 Å². The average Bonchev–Trinajstić information content (AvgIpc) is 1.55. The number of benzene rings is 9. The fourth-order valence-corrected chi connectivity index (χ4v) is 16.4. The lowest BCUT2D eigenvalue weighted by atomic mass is 10.1. The quantitative estimate of drug-likeness (QED) is 0.104. The molecule has 9 aliphatic rings. The van der Waals surface area contributed by atoms with Gasteiger partial charge in [0, 0.05) is 98.0 Å². The van der Waals surface area contributed by atoms with Crippen molar-refractivity contribution in [3.63, 3.8) is 0 Å². The first-order chi connectivity index (χ1) is 52.2. The molecule has 15 heterocycles.